The van der Waals surface area contributed by atoms with Crippen LogP contribution in [-0.4, -0.2) is 11.5 Å². The standard InChI is InChI=1S/C14H21FN2/c1-2-10-3-4-11(7-16)14(5-10)12-6-13(15)9-17-8-12/h6,8-11,14H,2-5,7,16H2,1H3. The van der Waals surface area contributed by atoms with Gasteiger partial charge in [0.15, 0.2) is 0 Å². The van der Waals surface area contributed by atoms with Crippen LogP contribution in [0.15, 0.2) is 18.5 Å². The lowest BCUT2D eigenvalue weighted by atomic mass is 9.71. The fraction of sp³-hybridized carbons (Fsp3) is 0.643. The zero-order chi connectivity index (χ0) is 12.3. The summed E-state index contributed by atoms with van der Waals surface area (Å²) < 4.78 is 13.2. The molecule has 1 aromatic heterocycles. The molecule has 3 atom stereocenters. The molecule has 0 aromatic carbocycles. The minimum absolute atomic E-state index is 0.239. The van der Waals surface area contributed by atoms with E-state index in [2.05, 4.69) is 11.9 Å². The molecule has 2 N–H and O–H groups in total. The highest BCUT2D eigenvalue weighted by Crippen LogP contribution is 2.41. The van der Waals surface area contributed by atoms with E-state index in [0.717, 1.165) is 24.3 Å². The lowest BCUT2D eigenvalue weighted by Gasteiger charge is -2.35. The fourth-order valence-corrected chi connectivity index (χ4v) is 3.01. The van der Waals surface area contributed by atoms with E-state index in [0.29, 0.717) is 18.4 Å². The molecule has 0 radical (unpaired) electrons. The lowest BCUT2D eigenvalue weighted by molar-refractivity contribution is 0.235. The minimum Gasteiger partial charge on any atom is -0.330 e. The van der Waals surface area contributed by atoms with E-state index in [1.807, 2.05) is 0 Å². The van der Waals surface area contributed by atoms with Gasteiger partial charge in [0.1, 0.15) is 5.82 Å². The predicted molar refractivity (Wildman–Crippen MR) is 67.1 cm³/mol. The van der Waals surface area contributed by atoms with Gasteiger partial charge >= 0.3 is 0 Å². The molecular formula is C14H21FN2. The van der Waals surface area contributed by atoms with Crippen molar-refractivity contribution in [3.05, 3.63) is 29.8 Å². The number of rotatable bonds is 3. The first kappa shape index (κ1) is 12.5. The van der Waals surface area contributed by atoms with Crippen molar-refractivity contribution in [2.45, 2.75) is 38.5 Å². The molecule has 94 valence electrons. The Hall–Kier alpha value is -0.960. The largest absolute Gasteiger partial charge is 0.330 e. The van der Waals surface area contributed by atoms with Gasteiger partial charge in [0.25, 0.3) is 0 Å². The van der Waals surface area contributed by atoms with E-state index in [1.165, 1.54) is 19.0 Å². The maximum Gasteiger partial charge on any atom is 0.141 e. The molecule has 0 aliphatic heterocycles. The Kier molecular flexibility index (Phi) is 4.11. The number of nitrogens with two attached hydrogens (primary N) is 1. The van der Waals surface area contributed by atoms with Crippen molar-refractivity contribution in [3.63, 3.8) is 0 Å². The van der Waals surface area contributed by atoms with Gasteiger partial charge in [0.05, 0.1) is 6.20 Å². The summed E-state index contributed by atoms with van der Waals surface area (Å²) in [6.07, 6.45) is 7.82. The van der Waals surface area contributed by atoms with Crippen LogP contribution in [0.1, 0.15) is 44.1 Å². The maximum atomic E-state index is 13.2. The van der Waals surface area contributed by atoms with Gasteiger partial charge in [-0.15, -0.1) is 0 Å². The minimum atomic E-state index is -0.239. The summed E-state index contributed by atoms with van der Waals surface area (Å²) in [5, 5.41) is 0. The van der Waals surface area contributed by atoms with Crippen molar-refractivity contribution < 1.29 is 4.39 Å². The van der Waals surface area contributed by atoms with Gasteiger partial charge in [0, 0.05) is 6.20 Å². The van der Waals surface area contributed by atoms with Gasteiger partial charge in [-0.1, -0.05) is 19.8 Å². The zero-order valence-corrected chi connectivity index (χ0v) is 10.4. The average molecular weight is 236 g/mol. The molecule has 1 aromatic rings. The third kappa shape index (κ3) is 2.83. The van der Waals surface area contributed by atoms with Crippen molar-refractivity contribution >= 4 is 0 Å². The molecule has 3 unspecified atom stereocenters. The second-order valence-electron chi connectivity index (χ2n) is 5.13. The van der Waals surface area contributed by atoms with Crippen LogP contribution in [0.2, 0.25) is 0 Å². The second kappa shape index (κ2) is 5.58. The average Bonchev–Trinajstić information content (AvgIpc) is 2.38. The van der Waals surface area contributed by atoms with E-state index in [1.54, 1.807) is 12.3 Å². The number of hydrogen-bond donors (Lipinski definition) is 1. The van der Waals surface area contributed by atoms with E-state index in [4.69, 9.17) is 5.73 Å². The Morgan fingerprint density at radius 3 is 2.88 bits per heavy atom. The van der Waals surface area contributed by atoms with Crippen molar-refractivity contribution in [2.75, 3.05) is 6.54 Å². The predicted octanol–water partition coefficient (Wildman–Crippen LogP) is 3.09. The van der Waals surface area contributed by atoms with Crippen molar-refractivity contribution in [1.82, 2.24) is 4.98 Å². The molecule has 0 bridgehead atoms. The lowest BCUT2D eigenvalue weighted by Crippen LogP contribution is -2.29. The molecule has 0 saturated heterocycles. The van der Waals surface area contributed by atoms with E-state index in [9.17, 15) is 4.39 Å². The third-order valence-electron chi connectivity index (χ3n) is 4.14. The molecule has 1 fully saturated rings. The maximum absolute atomic E-state index is 13.2. The molecule has 3 heteroatoms. The highest BCUT2D eigenvalue weighted by Gasteiger charge is 2.30. The first-order chi connectivity index (χ1) is 8.24. The number of pyridine rings is 1. The number of nitrogens with zero attached hydrogens (tertiary/aromatic N) is 1. The molecule has 2 nitrogen and oxygen atoms in total. The smallest absolute Gasteiger partial charge is 0.141 e. The van der Waals surface area contributed by atoms with Crippen molar-refractivity contribution in [3.8, 4) is 0 Å². The summed E-state index contributed by atoms with van der Waals surface area (Å²) in [4.78, 5) is 3.96. The highest BCUT2D eigenvalue weighted by molar-refractivity contribution is 5.18. The normalized spacial score (nSPS) is 29.2. The molecular weight excluding hydrogens is 215 g/mol. The Bertz CT molecular complexity index is 367. The van der Waals surface area contributed by atoms with Gasteiger partial charge in [-0.2, -0.15) is 0 Å². The molecule has 2 rings (SSSR count). The third-order valence-corrected chi connectivity index (χ3v) is 4.14. The highest BCUT2D eigenvalue weighted by atomic mass is 19.1. The molecule has 0 amide bonds. The van der Waals surface area contributed by atoms with Gasteiger partial charge < -0.3 is 5.73 Å². The molecule has 1 heterocycles. The first-order valence-electron chi connectivity index (χ1n) is 6.55. The summed E-state index contributed by atoms with van der Waals surface area (Å²) in [6.45, 7) is 2.92. The van der Waals surface area contributed by atoms with Crippen LogP contribution in [0.4, 0.5) is 4.39 Å². The summed E-state index contributed by atoms with van der Waals surface area (Å²) in [5.41, 5.74) is 6.87. The molecule has 17 heavy (non-hydrogen) atoms. The summed E-state index contributed by atoms with van der Waals surface area (Å²) in [7, 11) is 0. The second-order valence-corrected chi connectivity index (χ2v) is 5.13. The summed E-state index contributed by atoms with van der Waals surface area (Å²) in [6, 6.07) is 1.62. The van der Waals surface area contributed by atoms with Crippen molar-refractivity contribution in [2.24, 2.45) is 17.6 Å². The van der Waals surface area contributed by atoms with E-state index in [-0.39, 0.29) is 5.82 Å². The van der Waals surface area contributed by atoms with Gasteiger partial charge in [-0.3, -0.25) is 4.98 Å². The van der Waals surface area contributed by atoms with Crippen LogP contribution in [0, 0.1) is 17.7 Å². The van der Waals surface area contributed by atoms with Crippen LogP contribution in [0.25, 0.3) is 0 Å². The van der Waals surface area contributed by atoms with Gasteiger partial charge in [-0.05, 0) is 48.8 Å². The monoisotopic (exact) mass is 236 g/mol. The number of hydrogen-bond acceptors (Lipinski definition) is 2. The topological polar surface area (TPSA) is 38.9 Å². The van der Waals surface area contributed by atoms with Gasteiger partial charge in [-0.25, -0.2) is 4.39 Å². The van der Waals surface area contributed by atoms with Crippen LogP contribution in [0.5, 0.6) is 0 Å². The molecule has 1 aliphatic carbocycles. The van der Waals surface area contributed by atoms with Crippen LogP contribution >= 0.6 is 0 Å². The van der Waals surface area contributed by atoms with E-state index >= 15 is 0 Å². The SMILES string of the molecule is CCC1CCC(CN)C(c2cncc(F)c2)C1. The number of aromatic nitrogens is 1. The Morgan fingerprint density at radius 2 is 2.24 bits per heavy atom. The Balaban J connectivity index is 2.20. The van der Waals surface area contributed by atoms with Gasteiger partial charge in [0.2, 0.25) is 0 Å². The van der Waals surface area contributed by atoms with Crippen LogP contribution in [0.3, 0.4) is 0 Å². The number of halogens is 1. The molecule has 1 saturated carbocycles. The molecule has 0 spiro atoms. The van der Waals surface area contributed by atoms with Crippen LogP contribution in [-0.2, 0) is 0 Å². The molecule has 1 aliphatic rings. The first-order valence-corrected chi connectivity index (χ1v) is 6.55. The Morgan fingerprint density at radius 1 is 1.41 bits per heavy atom. The zero-order valence-electron chi connectivity index (χ0n) is 10.4. The quantitative estimate of drug-likeness (QED) is 0.876. The summed E-state index contributed by atoms with van der Waals surface area (Å²) >= 11 is 0. The summed E-state index contributed by atoms with van der Waals surface area (Å²) in [5.74, 6) is 1.39. The fourth-order valence-electron chi connectivity index (χ4n) is 3.01. The van der Waals surface area contributed by atoms with Crippen LogP contribution < -0.4 is 5.73 Å². The van der Waals surface area contributed by atoms with Crippen molar-refractivity contribution in [1.29, 1.82) is 0 Å². The van der Waals surface area contributed by atoms with E-state index < -0.39 is 0 Å². The Labute approximate surface area is 102 Å².